The molecular formula is C14H15ClN2. The molecule has 0 aliphatic carbocycles. The van der Waals surface area contributed by atoms with Gasteiger partial charge in [-0.15, -0.1) is 12.4 Å². The van der Waals surface area contributed by atoms with Crippen molar-refractivity contribution in [3.05, 3.63) is 48.3 Å². The summed E-state index contributed by atoms with van der Waals surface area (Å²) in [7, 11) is 0. The van der Waals surface area contributed by atoms with Crippen molar-refractivity contribution in [1.82, 2.24) is 4.98 Å². The van der Waals surface area contributed by atoms with Gasteiger partial charge >= 0.3 is 0 Å². The topological polar surface area (TPSA) is 24.9 Å². The Labute approximate surface area is 108 Å². The smallest absolute Gasteiger partial charge is 0.0378 e. The Morgan fingerprint density at radius 1 is 1.12 bits per heavy atom. The minimum Gasteiger partial charge on any atom is -0.385 e. The fraction of sp³-hybridized carbons (Fsp3) is 0.214. The van der Waals surface area contributed by atoms with Crippen LogP contribution in [0.3, 0.4) is 0 Å². The summed E-state index contributed by atoms with van der Waals surface area (Å²) in [5.41, 5.74) is 5.25. The summed E-state index contributed by atoms with van der Waals surface area (Å²) in [6.45, 7) is 1.09. The van der Waals surface area contributed by atoms with Gasteiger partial charge < -0.3 is 5.32 Å². The molecule has 0 unspecified atom stereocenters. The highest BCUT2D eigenvalue weighted by atomic mass is 35.5. The van der Waals surface area contributed by atoms with Crippen LogP contribution in [0.1, 0.15) is 12.0 Å². The molecule has 2 aromatic rings. The van der Waals surface area contributed by atoms with E-state index in [9.17, 15) is 0 Å². The minimum atomic E-state index is 0. The van der Waals surface area contributed by atoms with Crippen molar-refractivity contribution in [2.24, 2.45) is 0 Å². The van der Waals surface area contributed by atoms with Crippen LogP contribution in [0.15, 0.2) is 42.7 Å². The molecule has 1 aromatic carbocycles. The number of anilines is 1. The number of aromatic nitrogens is 1. The maximum Gasteiger partial charge on any atom is 0.0378 e. The van der Waals surface area contributed by atoms with Gasteiger partial charge in [-0.2, -0.15) is 0 Å². The summed E-state index contributed by atoms with van der Waals surface area (Å²) in [5.74, 6) is 0. The highest BCUT2D eigenvalue weighted by molar-refractivity contribution is 5.85. The van der Waals surface area contributed by atoms with E-state index in [1.165, 1.54) is 28.8 Å². The molecule has 3 heteroatoms. The number of nitrogens with one attached hydrogen (secondary N) is 1. The quantitative estimate of drug-likeness (QED) is 0.833. The second-order valence-electron chi connectivity index (χ2n) is 4.10. The van der Waals surface area contributed by atoms with Crippen LogP contribution in [0.25, 0.3) is 11.1 Å². The Kier molecular flexibility index (Phi) is 3.64. The first-order chi connectivity index (χ1) is 7.95. The number of halogens is 1. The van der Waals surface area contributed by atoms with E-state index in [2.05, 4.69) is 34.6 Å². The van der Waals surface area contributed by atoms with Gasteiger partial charge in [0, 0.05) is 30.2 Å². The molecule has 0 bridgehead atoms. The third kappa shape index (κ3) is 2.27. The number of hydrogen-bond donors (Lipinski definition) is 1. The van der Waals surface area contributed by atoms with Crippen molar-refractivity contribution >= 4 is 18.1 Å². The predicted octanol–water partition coefficient (Wildman–Crippen LogP) is 3.53. The molecule has 17 heavy (non-hydrogen) atoms. The zero-order valence-electron chi connectivity index (χ0n) is 9.52. The van der Waals surface area contributed by atoms with Crippen LogP contribution in [0.5, 0.6) is 0 Å². The maximum atomic E-state index is 4.19. The maximum absolute atomic E-state index is 4.19. The summed E-state index contributed by atoms with van der Waals surface area (Å²) in [5, 5.41) is 3.45. The molecule has 3 rings (SSSR count). The Morgan fingerprint density at radius 2 is 2.06 bits per heavy atom. The molecule has 0 atom stereocenters. The number of benzene rings is 1. The van der Waals surface area contributed by atoms with Crippen LogP contribution in [0.4, 0.5) is 5.69 Å². The van der Waals surface area contributed by atoms with E-state index in [0.717, 1.165) is 13.0 Å². The fourth-order valence-corrected chi connectivity index (χ4v) is 2.30. The Bertz CT molecular complexity index is 497. The standard InChI is InChI=1S/C14H14N2.ClH/c1-5-12(11-4-2-8-15-10-11)13-6-3-9-16-14(13)7-1;/h1-2,4-5,7-8,10,16H,3,6,9H2;1H. The van der Waals surface area contributed by atoms with Gasteiger partial charge in [0.05, 0.1) is 0 Å². The number of pyridine rings is 1. The van der Waals surface area contributed by atoms with E-state index in [1.807, 2.05) is 18.5 Å². The highest BCUT2D eigenvalue weighted by Crippen LogP contribution is 2.31. The third-order valence-corrected chi connectivity index (χ3v) is 3.07. The van der Waals surface area contributed by atoms with E-state index in [4.69, 9.17) is 0 Å². The second kappa shape index (κ2) is 5.19. The van der Waals surface area contributed by atoms with Crippen molar-refractivity contribution in [2.75, 3.05) is 11.9 Å². The Morgan fingerprint density at radius 3 is 2.88 bits per heavy atom. The number of fused-ring (bicyclic) bond motifs is 1. The fourth-order valence-electron chi connectivity index (χ4n) is 2.30. The number of rotatable bonds is 1. The largest absolute Gasteiger partial charge is 0.385 e. The summed E-state index contributed by atoms with van der Waals surface area (Å²) in [6.07, 6.45) is 6.12. The lowest BCUT2D eigenvalue weighted by atomic mass is 9.94. The monoisotopic (exact) mass is 246 g/mol. The van der Waals surface area contributed by atoms with E-state index < -0.39 is 0 Å². The number of hydrogen-bond acceptors (Lipinski definition) is 2. The highest BCUT2D eigenvalue weighted by Gasteiger charge is 2.13. The Hall–Kier alpha value is -1.54. The van der Waals surface area contributed by atoms with Crippen molar-refractivity contribution < 1.29 is 0 Å². The van der Waals surface area contributed by atoms with Crippen LogP contribution in [0.2, 0.25) is 0 Å². The lowest BCUT2D eigenvalue weighted by molar-refractivity contribution is 0.832. The van der Waals surface area contributed by atoms with Crippen LogP contribution in [-0.2, 0) is 6.42 Å². The van der Waals surface area contributed by atoms with Gasteiger partial charge in [-0.05, 0) is 36.1 Å². The molecule has 0 fully saturated rings. The molecule has 2 heterocycles. The first kappa shape index (κ1) is 11.9. The van der Waals surface area contributed by atoms with Gasteiger partial charge in [0.1, 0.15) is 0 Å². The Balaban J connectivity index is 0.00000108. The SMILES string of the molecule is Cl.c1cncc(-c2cccc3c2CCCN3)c1. The molecule has 1 N–H and O–H groups in total. The van der Waals surface area contributed by atoms with Crippen LogP contribution in [-0.4, -0.2) is 11.5 Å². The van der Waals surface area contributed by atoms with Crippen LogP contribution in [0, 0.1) is 0 Å². The lowest BCUT2D eigenvalue weighted by Crippen LogP contribution is -2.12. The van der Waals surface area contributed by atoms with Crippen LogP contribution >= 0.6 is 12.4 Å². The molecule has 0 saturated carbocycles. The van der Waals surface area contributed by atoms with Gasteiger partial charge in [0.25, 0.3) is 0 Å². The molecule has 1 aliphatic rings. The summed E-state index contributed by atoms with van der Waals surface area (Å²) in [4.78, 5) is 4.19. The van der Waals surface area contributed by atoms with Gasteiger partial charge in [0.2, 0.25) is 0 Å². The van der Waals surface area contributed by atoms with E-state index in [-0.39, 0.29) is 12.4 Å². The zero-order chi connectivity index (χ0) is 10.8. The molecule has 88 valence electrons. The average Bonchev–Trinajstić information content (AvgIpc) is 2.39. The molecule has 0 radical (unpaired) electrons. The predicted molar refractivity (Wildman–Crippen MR) is 73.7 cm³/mol. The molecular weight excluding hydrogens is 232 g/mol. The van der Waals surface area contributed by atoms with Crippen molar-refractivity contribution in [3.8, 4) is 11.1 Å². The first-order valence-electron chi connectivity index (χ1n) is 5.71. The third-order valence-electron chi connectivity index (χ3n) is 3.07. The van der Waals surface area contributed by atoms with Crippen molar-refractivity contribution in [1.29, 1.82) is 0 Å². The average molecular weight is 247 g/mol. The summed E-state index contributed by atoms with van der Waals surface area (Å²) in [6, 6.07) is 10.6. The lowest BCUT2D eigenvalue weighted by Gasteiger charge is -2.20. The number of nitrogens with zero attached hydrogens (tertiary/aromatic N) is 1. The van der Waals surface area contributed by atoms with Gasteiger partial charge in [-0.25, -0.2) is 0 Å². The molecule has 1 aromatic heterocycles. The van der Waals surface area contributed by atoms with Crippen molar-refractivity contribution in [3.63, 3.8) is 0 Å². The van der Waals surface area contributed by atoms with Gasteiger partial charge in [0.15, 0.2) is 0 Å². The molecule has 0 amide bonds. The van der Waals surface area contributed by atoms with E-state index in [0.29, 0.717) is 0 Å². The zero-order valence-corrected chi connectivity index (χ0v) is 10.3. The molecule has 0 saturated heterocycles. The van der Waals surface area contributed by atoms with E-state index in [1.54, 1.807) is 0 Å². The summed E-state index contributed by atoms with van der Waals surface area (Å²) >= 11 is 0. The van der Waals surface area contributed by atoms with Gasteiger partial charge in [-0.1, -0.05) is 18.2 Å². The molecule has 2 nitrogen and oxygen atoms in total. The summed E-state index contributed by atoms with van der Waals surface area (Å²) < 4.78 is 0. The minimum absolute atomic E-state index is 0. The second-order valence-corrected chi connectivity index (χ2v) is 4.10. The molecule has 0 spiro atoms. The van der Waals surface area contributed by atoms with Gasteiger partial charge in [-0.3, -0.25) is 4.98 Å². The van der Waals surface area contributed by atoms with Crippen LogP contribution < -0.4 is 5.32 Å². The molecule has 1 aliphatic heterocycles. The van der Waals surface area contributed by atoms with E-state index >= 15 is 0 Å². The normalized spacial score (nSPS) is 13.2. The first-order valence-corrected chi connectivity index (χ1v) is 5.71. The van der Waals surface area contributed by atoms with Crippen molar-refractivity contribution in [2.45, 2.75) is 12.8 Å².